The summed E-state index contributed by atoms with van der Waals surface area (Å²) in [5.74, 6) is 1.41. The van der Waals surface area contributed by atoms with Gasteiger partial charge in [-0.1, -0.05) is 32.9 Å². The van der Waals surface area contributed by atoms with Crippen molar-refractivity contribution in [1.82, 2.24) is 15.5 Å². The van der Waals surface area contributed by atoms with Gasteiger partial charge in [0.2, 0.25) is 5.89 Å². The number of aromatic nitrogens is 2. The minimum Gasteiger partial charge on any atom is -0.384 e. The molecule has 0 aliphatic heterocycles. The summed E-state index contributed by atoms with van der Waals surface area (Å²) in [6.45, 7) is 10.3. The summed E-state index contributed by atoms with van der Waals surface area (Å²) in [5.41, 5.74) is 0.164. The van der Waals surface area contributed by atoms with E-state index in [4.69, 9.17) is 9.26 Å². The number of likely N-dealkylation sites (N-methyl/N-ethyl adjacent to an activating group) is 1. The fourth-order valence-electron chi connectivity index (χ4n) is 1.77. The molecule has 1 aromatic heterocycles. The van der Waals surface area contributed by atoms with Crippen LogP contribution < -0.4 is 5.32 Å². The van der Waals surface area contributed by atoms with Crippen molar-refractivity contribution < 1.29 is 9.26 Å². The van der Waals surface area contributed by atoms with Gasteiger partial charge in [0.1, 0.15) is 0 Å². The first-order chi connectivity index (χ1) is 8.47. The molecule has 0 radical (unpaired) electrons. The molecule has 0 saturated carbocycles. The summed E-state index contributed by atoms with van der Waals surface area (Å²) in [4.78, 5) is 4.39. The number of nitrogens with one attached hydrogen (secondary N) is 1. The van der Waals surface area contributed by atoms with E-state index in [1.165, 1.54) is 0 Å². The van der Waals surface area contributed by atoms with E-state index in [-0.39, 0.29) is 5.41 Å². The Kier molecular flexibility index (Phi) is 5.75. The highest BCUT2D eigenvalue weighted by Gasteiger charge is 2.26. The molecule has 0 spiro atoms. The minimum absolute atomic E-state index is 0.164. The monoisotopic (exact) mass is 255 g/mol. The van der Waals surface area contributed by atoms with Gasteiger partial charge in [0.25, 0.3) is 0 Å². The molecular formula is C13H25N3O2. The van der Waals surface area contributed by atoms with E-state index in [9.17, 15) is 0 Å². The molecule has 0 fully saturated rings. The molecule has 1 heterocycles. The van der Waals surface area contributed by atoms with Crippen LogP contribution in [0.15, 0.2) is 4.52 Å². The first kappa shape index (κ1) is 15.1. The molecule has 1 N–H and O–H groups in total. The van der Waals surface area contributed by atoms with Crippen LogP contribution in [-0.4, -0.2) is 36.4 Å². The van der Waals surface area contributed by atoms with Gasteiger partial charge >= 0.3 is 0 Å². The third-order valence-electron chi connectivity index (χ3n) is 2.91. The van der Waals surface area contributed by atoms with Crippen molar-refractivity contribution in [3.63, 3.8) is 0 Å². The Morgan fingerprint density at radius 1 is 1.39 bits per heavy atom. The van der Waals surface area contributed by atoms with Gasteiger partial charge in [0.15, 0.2) is 5.82 Å². The normalized spacial score (nSPS) is 13.8. The van der Waals surface area contributed by atoms with E-state index >= 15 is 0 Å². The Hall–Kier alpha value is -0.940. The fourth-order valence-corrected chi connectivity index (χ4v) is 1.77. The molecular weight excluding hydrogens is 230 g/mol. The number of rotatable bonds is 7. The summed E-state index contributed by atoms with van der Waals surface area (Å²) in [6.07, 6.45) is 1.46. The van der Waals surface area contributed by atoms with Gasteiger partial charge in [-0.25, -0.2) is 0 Å². The van der Waals surface area contributed by atoms with Crippen LogP contribution in [0.3, 0.4) is 0 Å². The SMILES string of the molecule is CCNC(Cc1nc(CCOC)no1)C(C)(C)C. The maximum absolute atomic E-state index is 5.28. The largest absolute Gasteiger partial charge is 0.384 e. The predicted octanol–water partition coefficient (Wildman–Crippen LogP) is 1.83. The van der Waals surface area contributed by atoms with E-state index < -0.39 is 0 Å². The van der Waals surface area contributed by atoms with Crippen molar-refractivity contribution in [2.75, 3.05) is 20.3 Å². The minimum atomic E-state index is 0.164. The highest BCUT2D eigenvalue weighted by atomic mass is 16.5. The van der Waals surface area contributed by atoms with Crippen molar-refractivity contribution >= 4 is 0 Å². The van der Waals surface area contributed by atoms with Crippen LogP contribution in [0.1, 0.15) is 39.4 Å². The highest BCUT2D eigenvalue weighted by molar-refractivity contribution is 4.93. The van der Waals surface area contributed by atoms with Crippen molar-refractivity contribution in [3.05, 3.63) is 11.7 Å². The summed E-state index contributed by atoms with van der Waals surface area (Å²) in [5, 5.41) is 7.43. The van der Waals surface area contributed by atoms with E-state index in [0.717, 1.165) is 18.8 Å². The molecule has 104 valence electrons. The second-order valence-corrected chi connectivity index (χ2v) is 5.53. The summed E-state index contributed by atoms with van der Waals surface area (Å²) < 4.78 is 10.3. The molecule has 5 heteroatoms. The van der Waals surface area contributed by atoms with Crippen LogP contribution in [0.4, 0.5) is 0 Å². The van der Waals surface area contributed by atoms with Crippen LogP contribution in [0.5, 0.6) is 0 Å². The molecule has 1 aromatic rings. The van der Waals surface area contributed by atoms with Crippen molar-refractivity contribution in [3.8, 4) is 0 Å². The van der Waals surface area contributed by atoms with Gasteiger partial charge in [-0.2, -0.15) is 4.98 Å². The van der Waals surface area contributed by atoms with Crippen LogP contribution in [-0.2, 0) is 17.6 Å². The first-order valence-corrected chi connectivity index (χ1v) is 6.51. The Balaban J connectivity index is 2.61. The Morgan fingerprint density at radius 2 is 2.11 bits per heavy atom. The number of methoxy groups -OCH3 is 1. The van der Waals surface area contributed by atoms with Crippen LogP contribution in [0.2, 0.25) is 0 Å². The Bertz CT molecular complexity index is 344. The summed E-state index contributed by atoms with van der Waals surface area (Å²) in [7, 11) is 1.67. The average molecular weight is 255 g/mol. The standard InChI is InChI=1S/C13H25N3O2/c1-6-14-10(13(2,3)4)9-12-15-11(16-18-12)7-8-17-5/h10,14H,6-9H2,1-5H3. The molecule has 1 atom stereocenters. The Morgan fingerprint density at radius 3 is 2.67 bits per heavy atom. The number of ether oxygens (including phenoxy) is 1. The molecule has 1 rings (SSSR count). The molecule has 0 aliphatic carbocycles. The van der Waals surface area contributed by atoms with Crippen molar-refractivity contribution in [2.45, 2.75) is 46.6 Å². The topological polar surface area (TPSA) is 60.2 Å². The maximum Gasteiger partial charge on any atom is 0.228 e. The molecule has 0 aliphatic rings. The van der Waals surface area contributed by atoms with Crippen LogP contribution in [0, 0.1) is 5.41 Å². The third kappa shape index (κ3) is 4.74. The smallest absolute Gasteiger partial charge is 0.228 e. The summed E-state index contributed by atoms with van der Waals surface area (Å²) in [6, 6.07) is 0.332. The average Bonchev–Trinajstić information content (AvgIpc) is 2.72. The summed E-state index contributed by atoms with van der Waals surface area (Å²) >= 11 is 0. The molecule has 1 unspecified atom stereocenters. The molecule has 0 amide bonds. The van der Waals surface area contributed by atoms with Crippen LogP contribution >= 0.6 is 0 Å². The van der Waals surface area contributed by atoms with Crippen molar-refractivity contribution in [2.24, 2.45) is 5.41 Å². The van der Waals surface area contributed by atoms with E-state index in [1.54, 1.807) is 7.11 Å². The van der Waals surface area contributed by atoms with Gasteiger partial charge in [-0.3, -0.25) is 0 Å². The quantitative estimate of drug-likeness (QED) is 0.805. The zero-order valence-corrected chi connectivity index (χ0v) is 12.1. The van der Waals surface area contributed by atoms with Gasteiger partial charge in [-0.05, 0) is 12.0 Å². The lowest BCUT2D eigenvalue weighted by Crippen LogP contribution is -2.41. The highest BCUT2D eigenvalue weighted by Crippen LogP contribution is 2.22. The lowest BCUT2D eigenvalue weighted by Gasteiger charge is -2.30. The number of hydrogen-bond donors (Lipinski definition) is 1. The molecule has 0 aromatic carbocycles. The predicted molar refractivity (Wildman–Crippen MR) is 70.5 cm³/mol. The maximum atomic E-state index is 5.28. The van der Waals surface area contributed by atoms with Gasteiger partial charge in [0.05, 0.1) is 6.61 Å². The van der Waals surface area contributed by atoms with Gasteiger partial charge in [-0.15, -0.1) is 0 Å². The van der Waals surface area contributed by atoms with Crippen LogP contribution in [0.25, 0.3) is 0 Å². The molecule has 5 nitrogen and oxygen atoms in total. The Labute approximate surface area is 109 Å². The van der Waals surface area contributed by atoms with Gasteiger partial charge < -0.3 is 14.6 Å². The number of nitrogens with zero attached hydrogens (tertiary/aromatic N) is 2. The lowest BCUT2D eigenvalue weighted by molar-refractivity contribution is 0.199. The van der Waals surface area contributed by atoms with Gasteiger partial charge in [0, 0.05) is 26.0 Å². The second-order valence-electron chi connectivity index (χ2n) is 5.53. The van der Waals surface area contributed by atoms with E-state index in [0.29, 0.717) is 25.0 Å². The molecule has 0 saturated heterocycles. The second kappa shape index (κ2) is 6.85. The first-order valence-electron chi connectivity index (χ1n) is 6.51. The number of hydrogen-bond acceptors (Lipinski definition) is 5. The fraction of sp³-hybridized carbons (Fsp3) is 0.846. The third-order valence-corrected chi connectivity index (χ3v) is 2.91. The van der Waals surface area contributed by atoms with E-state index in [1.807, 2.05) is 0 Å². The van der Waals surface area contributed by atoms with E-state index in [2.05, 4.69) is 43.2 Å². The zero-order chi connectivity index (χ0) is 13.6. The molecule has 18 heavy (non-hydrogen) atoms. The zero-order valence-electron chi connectivity index (χ0n) is 12.1. The van der Waals surface area contributed by atoms with Crippen molar-refractivity contribution in [1.29, 1.82) is 0 Å². The molecule has 0 bridgehead atoms. The lowest BCUT2D eigenvalue weighted by atomic mass is 9.84.